The van der Waals surface area contributed by atoms with Gasteiger partial charge in [0.1, 0.15) is 0 Å². The molecule has 5 nitrogen and oxygen atoms in total. The average Bonchev–Trinajstić information content (AvgIpc) is 3.79. The third-order valence-electron chi connectivity index (χ3n) is 9.90. The van der Waals surface area contributed by atoms with Crippen LogP contribution in [0.25, 0.3) is 0 Å². The summed E-state index contributed by atoms with van der Waals surface area (Å²) in [5.74, 6) is 1.67. The highest BCUT2D eigenvalue weighted by Gasteiger charge is 2.51. The molecule has 36 heavy (non-hydrogen) atoms. The van der Waals surface area contributed by atoms with E-state index in [-0.39, 0.29) is 22.9 Å². The molecule has 2 fully saturated rings. The number of fused-ring (bicyclic) bond motifs is 2. The summed E-state index contributed by atoms with van der Waals surface area (Å²) in [6, 6.07) is 4.61. The Morgan fingerprint density at radius 1 is 1.03 bits per heavy atom. The normalized spacial score (nSPS) is 29.2. The van der Waals surface area contributed by atoms with E-state index in [0.29, 0.717) is 6.04 Å². The number of likely N-dealkylation sites (tertiary alicyclic amines) is 1. The fourth-order valence-electron chi connectivity index (χ4n) is 7.22. The van der Waals surface area contributed by atoms with Gasteiger partial charge in [0, 0.05) is 65.9 Å². The Kier molecular flexibility index (Phi) is 4.74. The van der Waals surface area contributed by atoms with Gasteiger partial charge in [0.15, 0.2) is 11.6 Å². The second kappa shape index (κ2) is 7.61. The molecule has 0 atom stereocenters. The summed E-state index contributed by atoms with van der Waals surface area (Å²) in [6.45, 7) is 5.65. The van der Waals surface area contributed by atoms with Gasteiger partial charge in [-0.2, -0.15) is 0 Å². The molecule has 7 rings (SSSR count). The van der Waals surface area contributed by atoms with Gasteiger partial charge in [-0.1, -0.05) is 18.2 Å². The predicted octanol–water partition coefficient (Wildman–Crippen LogP) is 4.60. The van der Waals surface area contributed by atoms with Crippen LogP contribution in [0.3, 0.4) is 0 Å². The van der Waals surface area contributed by atoms with Crippen molar-refractivity contribution in [2.45, 2.75) is 71.4 Å². The maximum Gasteiger partial charge on any atom is 0.233 e. The number of carbonyl (C=O) groups excluding carboxylic acids is 3. The molecule has 1 saturated heterocycles. The zero-order chi connectivity index (χ0) is 24.9. The molecular weight excluding hydrogens is 448 g/mol. The van der Waals surface area contributed by atoms with Crippen molar-refractivity contribution < 1.29 is 14.4 Å². The molecular formula is C31H32N2O3. The van der Waals surface area contributed by atoms with E-state index in [4.69, 9.17) is 0 Å². The highest BCUT2D eigenvalue weighted by Crippen LogP contribution is 2.51. The van der Waals surface area contributed by atoms with Gasteiger partial charge < -0.3 is 4.90 Å². The van der Waals surface area contributed by atoms with E-state index in [1.807, 2.05) is 30.4 Å². The van der Waals surface area contributed by atoms with Crippen LogP contribution in [0.4, 0.5) is 0 Å². The molecule has 5 heteroatoms. The summed E-state index contributed by atoms with van der Waals surface area (Å²) >= 11 is 0. The van der Waals surface area contributed by atoms with Gasteiger partial charge in [-0.25, -0.2) is 0 Å². The van der Waals surface area contributed by atoms with Crippen molar-refractivity contribution in [2.24, 2.45) is 5.41 Å². The van der Waals surface area contributed by atoms with Crippen molar-refractivity contribution in [3.8, 4) is 0 Å². The third-order valence-corrected chi connectivity index (χ3v) is 9.90. The Labute approximate surface area is 212 Å². The topological polar surface area (TPSA) is 57.7 Å². The number of nitrogens with zero attached hydrogens (tertiary/aromatic N) is 2. The van der Waals surface area contributed by atoms with Crippen LogP contribution in [0.2, 0.25) is 0 Å². The number of ketones is 2. The van der Waals surface area contributed by atoms with Gasteiger partial charge in [-0.3, -0.25) is 19.3 Å². The Balaban J connectivity index is 1.02. The van der Waals surface area contributed by atoms with E-state index in [2.05, 4.69) is 24.9 Å². The molecule has 1 spiro atoms. The molecule has 1 saturated carbocycles. The molecule has 5 aliphatic carbocycles. The number of rotatable bonds is 4. The minimum Gasteiger partial charge on any atom is -0.315 e. The van der Waals surface area contributed by atoms with Crippen LogP contribution in [-0.4, -0.2) is 46.9 Å². The highest BCUT2D eigenvalue weighted by molar-refractivity contribution is 6.18. The van der Waals surface area contributed by atoms with Crippen molar-refractivity contribution in [1.82, 2.24) is 9.80 Å². The zero-order valence-corrected chi connectivity index (χ0v) is 21.4. The highest BCUT2D eigenvalue weighted by atomic mass is 16.2. The van der Waals surface area contributed by atoms with Gasteiger partial charge in [-0.15, -0.1) is 0 Å². The molecule has 1 amide bonds. The molecule has 1 heterocycles. The molecule has 0 aromatic heterocycles. The first-order valence-corrected chi connectivity index (χ1v) is 13.4. The Morgan fingerprint density at radius 3 is 2.58 bits per heavy atom. The quantitative estimate of drug-likeness (QED) is 0.632. The maximum atomic E-state index is 13.7. The number of hydrogen-bond acceptors (Lipinski definition) is 4. The van der Waals surface area contributed by atoms with E-state index in [9.17, 15) is 14.4 Å². The SMILES string of the molecule is CC1=C(N2CCC3(CCC(N(C)Cc4ccc5c(c4C)CC4=C([CH]4)C5=O)CC3)C2=O)C[C]2C=C2C1=O. The lowest BCUT2D eigenvalue weighted by Crippen LogP contribution is -2.42. The maximum absolute atomic E-state index is 13.7. The fourth-order valence-corrected chi connectivity index (χ4v) is 7.22. The lowest BCUT2D eigenvalue weighted by atomic mass is 9.71. The second-order valence-corrected chi connectivity index (χ2v) is 11.8. The van der Waals surface area contributed by atoms with E-state index in [0.717, 1.165) is 91.9 Å². The van der Waals surface area contributed by atoms with Gasteiger partial charge >= 0.3 is 0 Å². The summed E-state index contributed by atoms with van der Waals surface area (Å²) in [5, 5.41) is 0. The molecule has 184 valence electrons. The molecule has 1 aliphatic heterocycles. The Hall–Kier alpha value is -2.79. The first-order valence-electron chi connectivity index (χ1n) is 13.4. The smallest absolute Gasteiger partial charge is 0.233 e. The summed E-state index contributed by atoms with van der Waals surface area (Å²) in [5.41, 5.74) is 9.10. The Morgan fingerprint density at radius 2 is 1.81 bits per heavy atom. The first kappa shape index (κ1) is 22.4. The standard InChI is InChI=1S/C31H32N2O3/c1-17-19(4-5-23-24(17)12-20-13-26(20)29(23)35)16-32(3)22-6-8-31(9-7-22)10-11-33(30(31)36)27-15-21-14-25(21)28(34)18(27)2/h4-5,13-14,22H,6-12,15-16H2,1-3H3. The minimum atomic E-state index is -0.260. The van der Waals surface area contributed by atoms with Crippen molar-refractivity contribution in [2.75, 3.05) is 13.6 Å². The van der Waals surface area contributed by atoms with Crippen LogP contribution in [0.15, 0.2) is 46.2 Å². The average molecular weight is 481 g/mol. The number of amides is 1. The first-order chi connectivity index (χ1) is 17.3. The van der Waals surface area contributed by atoms with Crippen molar-refractivity contribution in [3.05, 3.63) is 80.8 Å². The van der Waals surface area contributed by atoms with Crippen LogP contribution < -0.4 is 0 Å². The molecule has 1 aromatic rings. The zero-order valence-electron chi connectivity index (χ0n) is 21.4. The summed E-state index contributed by atoms with van der Waals surface area (Å²) < 4.78 is 0. The van der Waals surface area contributed by atoms with Crippen LogP contribution in [0, 0.1) is 24.7 Å². The van der Waals surface area contributed by atoms with Crippen LogP contribution in [0.5, 0.6) is 0 Å². The molecule has 0 unspecified atom stereocenters. The Bertz CT molecular complexity index is 1350. The van der Waals surface area contributed by atoms with Gasteiger partial charge in [0.05, 0.1) is 5.41 Å². The van der Waals surface area contributed by atoms with E-state index < -0.39 is 0 Å². The number of Topliss-reactive ketones (excluding diaryl/α,β-unsaturated/α-hetero) is 2. The monoisotopic (exact) mass is 480 g/mol. The second-order valence-electron chi connectivity index (χ2n) is 11.8. The number of carbonyl (C=O) groups is 3. The van der Waals surface area contributed by atoms with E-state index in [1.54, 1.807) is 0 Å². The van der Waals surface area contributed by atoms with Crippen molar-refractivity contribution in [3.63, 3.8) is 0 Å². The van der Waals surface area contributed by atoms with E-state index in [1.165, 1.54) is 22.3 Å². The molecule has 2 radical (unpaired) electrons. The third kappa shape index (κ3) is 3.21. The van der Waals surface area contributed by atoms with Crippen molar-refractivity contribution in [1.29, 1.82) is 0 Å². The van der Waals surface area contributed by atoms with E-state index >= 15 is 0 Å². The lowest BCUT2D eigenvalue weighted by molar-refractivity contribution is -0.136. The molecule has 6 aliphatic rings. The predicted molar refractivity (Wildman–Crippen MR) is 137 cm³/mol. The lowest BCUT2D eigenvalue weighted by Gasteiger charge is -2.40. The minimum absolute atomic E-state index is 0.111. The van der Waals surface area contributed by atoms with Gasteiger partial charge in [-0.05, 0) is 81.7 Å². The number of allylic oxidation sites excluding steroid dienone is 6. The van der Waals surface area contributed by atoms with Crippen LogP contribution >= 0.6 is 0 Å². The summed E-state index contributed by atoms with van der Waals surface area (Å²) in [7, 11) is 2.20. The van der Waals surface area contributed by atoms with Crippen LogP contribution in [0.1, 0.15) is 72.5 Å². The fraction of sp³-hybridized carbons (Fsp3) is 0.452. The van der Waals surface area contributed by atoms with Crippen molar-refractivity contribution >= 4 is 17.5 Å². The molecule has 0 N–H and O–H groups in total. The number of hydrogen-bond donors (Lipinski definition) is 0. The van der Waals surface area contributed by atoms with Gasteiger partial charge in [0.25, 0.3) is 0 Å². The van der Waals surface area contributed by atoms with Crippen LogP contribution in [-0.2, 0) is 22.6 Å². The number of benzene rings is 1. The summed E-state index contributed by atoms with van der Waals surface area (Å²) in [6.07, 6.45) is 10.4. The molecule has 1 aromatic carbocycles. The largest absolute Gasteiger partial charge is 0.315 e. The molecule has 0 bridgehead atoms. The van der Waals surface area contributed by atoms with Gasteiger partial charge in [0.2, 0.25) is 5.91 Å². The summed E-state index contributed by atoms with van der Waals surface area (Å²) in [4.78, 5) is 43.1.